The second kappa shape index (κ2) is 3.62. The van der Waals surface area contributed by atoms with Gasteiger partial charge in [-0.05, 0) is 31.8 Å². The van der Waals surface area contributed by atoms with Crippen molar-refractivity contribution in [3.8, 4) is 0 Å². The zero-order valence-corrected chi connectivity index (χ0v) is 7.63. The molecule has 0 spiro atoms. The molecule has 74 valence electrons. The molecule has 3 nitrogen and oxygen atoms in total. The van der Waals surface area contributed by atoms with Gasteiger partial charge < -0.3 is 9.64 Å². The molecule has 1 atom stereocenters. The Hall–Kier alpha value is -0.640. The van der Waals surface area contributed by atoms with Crippen LogP contribution >= 0.6 is 0 Å². The standard InChI is InChI=1S/C9H15FN2O/c10-9(11)13-6-8-5-12-3-1-7(8)2-4-12/h7-8,11H,1-6H2. The molecule has 0 aromatic rings. The molecule has 2 bridgehead atoms. The number of halogens is 1. The highest BCUT2D eigenvalue weighted by atomic mass is 19.1. The van der Waals surface area contributed by atoms with Crippen LogP contribution in [0.2, 0.25) is 0 Å². The van der Waals surface area contributed by atoms with E-state index in [-0.39, 0.29) is 0 Å². The Balaban J connectivity index is 1.83. The predicted octanol–water partition coefficient (Wildman–Crippen LogP) is 1.25. The molecule has 0 amide bonds. The van der Waals surface area contributed by atoms with Crippen molar-refractivity contribution in [1.82, 2.24) is 4.90 Å². The molecule has 3 saturated heterocycles. The second-order valence-electron chi connectivity index (χ2n) is 3.98. The van der Waals surface area contributed by atoms with Crippen molar-refractivity contribution < 1.29 is 9.13 Å². The van der Waals surface area contributed by atoms with Gasteiger partial charge in [0.15, 0.2) is 0 Å². The van der Waals surface area contributed by atoms with Gasteiger partial charge in [-0.2, -0.15) is 0 Å². The van der Waals surface area contributed by atoms with Crippen molar-refractivity contribution in [2.75, 3.05) is 26.2 Å². The molecule has 0 aromatic heterocycles. The Bertz CT molecular complexity index is 202. The number of hydrogen-bond acceptors (Lipinski definition) is 3. The highest BCUT2D eigenvalue weighted by Crippen LogP contribution is 2.32. The van der Waals surface area contributed by atoms with E-state index < -0.39 is 6.15 Å². The van der Waals surface area contributed by atoms with E-state index >= 15 is 0 Å². The van der Waals surface area contributed by atoms with Crippen LogP contribution in [-0.4, -0.2) is 37.3 Å². The second-order valence-corrected chi connectivity index (χ2v) is 3.98. The fourth-order valence-corrected chi connectivity index (χ4v) is 2.46. The van der Waals surface area contributed by atoms with E-state index in [2.05, 4.69) is 9.64 Å². The van der Waals surface area contributed by atoms with Crippen molar-refractivity contribution in [1.29, 1.82) is 5.41 Å². The molecular weight excluding hydrogens is 171 g/mol. The molecule has 3 rings (SSSR count). The molecule has 3 aliphatic rings. The number of nitrogens with one attached hydrogen (secondary N) is 1. The number of rotatable bonds is 2. The lowest BCUT2D eigenvalue weighted by Crippen LogP contribution is -2.48. The van der Waals surface area contributed by atoms with E-state index in [9.17, 15) is 4.39 Å². The number of nitrogens with zero attached hydrogens (tertiary/aromatic N) is 1. The van der Waals surface area contributed by atoms with E-state index in [0.717, 1.165) is 6.54 Å². The highest BCUT2D eigenvalue weighted by Gasteiger charge is 2.34. The van der Waals surface area contributed by atoms with Gasteiger partial charge in [0.05, 0.1) is 6.61 Å². The van der Waals surface area contributed by atoms with Crippen molar-refractivity contribution in [2.45, 2.75) is 12.8 Å². The largest absolute Gasteiger partial charge is 0.456 e. The minimum absolute atomic E-state index is 0.385. The van der Waals surface area contributed by atoms with Crippen LogP contribution in [0.25, 0.3) is 0 Å². The third-order valence-electron chi connectivity index (χ3n) is 3.22. The van der Waals surface area contributed by atoms with Crippen LogP contribution < -0.4 is 0 Å². The van der Waals surface area contributed by atoms with Gasteiger partial charge in [0.2, 0.25) is 0 Å². The van der Waals surface area contributed by atoms with Gasteiger partial charge >= 0.3 is 6.15 Å². The van der Waals surface area contributed by atoms with E-state index in [1.165, 1.54) is 25.9 Å². The number of hydrogen-bond donors (Lipinski definition) is 1. The summed E-state index contributed by atoms with van der Waals surface area (Å²) in [6.07, 6.45) is 1.29. The highest BCUT2D eigenvalue weighted by molar-refractivity contribution is 5.60. The van der Waals surface area contributed by atoms with Gasteiger partial charge in [-0.1, -0.05) is 0 Å². The summed E-state index contributed by atoms with van der Waals surface area (Å²) in [7, 11) is 0. The zero-order valence-electron chi connectivity index (χ0n) is 7.63. The minimum Gasteiger partial charge on any atom is -0.456 e. The van der Waals surface area contributed by atoms with Crippen LogP contribution in [-0.2, 0) is 4.74 Å². The van der Waals surface area contributed by atoms with Crippen molar-refractivity contribution in [2.24, 2.45) is 11.8 Å². The first kappa shape index (κ1) is 8.94. The Kier molecular flexibility index (Phi) is 2.49. The lowest BCUT2D eigenvalue weighted by Gasteiger charge is -2.44. The Morgan fingerprint density at radius 3 is 2.62 bits per heavy atom. The molecule has 3 fully saturated rings. The lowest BCUT2D eigenvalue weighted by molar-refractivity contribution is 0.0196. The fraction of sp³-hybridized carbons (Fsp3) is 0.889. The molecular formula is C9H15FN2O. The van der Waals surface area contributed by atoms with E-state index in [4.69, 9.17) is 5.41 Å². The molecule has 3 aliphatic heterocycles. The van der Waals surface area contributed by atoms with Gasteiger partial charge in [0, 0.05) is 12.5 Å². The van der Waals surface area contributed by atoms with Crippen LogP contribution in [0.3, 0.4) is 0 Å². The molecule has 1 unspecified atom stereocenters. The van der Waals surface area contributed by atoms with Crippen molar-refractivity contribution in [3.05, 3.63) is 0 Å². The summed E-state index contributed by atoms with van der Waals surface area (Å²) in [5.74, 6) is 1.14. The summed E-state index contributed by atoms with van der Waals surface area (Å²) in [6, 6.07) is 0. The van der Waals surface area contributed by atoms with Gasteiger partial charge in [-0.25, -0.2) is 5.41 Å². The van der Waals surface area contributed by atoms with Crippen LogP contribution in [0.5, 0.6) is 0 Å². The molecule has 13 heavy (non-hydrogen) atoms. The average molecular weight is 186 g/mol. The molecule has 0 radical (unpaired) electrons. The minimum atomic E-state index is -1.14. The molecule has 0 saturated carbocycles. The number of fused-ring (bicyclic) bond motifs is 3. The monoisotopic (exact) mass is 186 g/mol. The van der Waals surface area contributed by atoms with E-state index in [0.29, 0.717) is 18.4 Å². The summed E-state index contributed by atoms with van der Waals surface area (Å²) in [5.41, 5.74) is 0. The lowest BCUT2D eigenvalue weighted by atomic mass is 9.79. The van der Waals surface area contributed by atoms with Gasteiger partial charge in [0.25, 0.3) is 0 Å². The third-order valence-corrected chi connectivity index (χ3v) is 3.22. The Morgan fingerprint density at radius 2 is 2.15 bits per heavy atom. The third kappa shape index (κ3) is 1.99. The number of piperidine rings is 3. The summed E-state index contributed by atoms with van der Waals surface area (Å²) in [5, 5.41) is 6.54. The molecule has 0 aromatic carbocycles. The molecule has 4 heteroatoms. The van der Waals surface area contributed by atoms with E-state index in [1.54, 1.807) is 0 Å². The van der Waals surface area contributed by atoms with Gasteiger partial charge in [-0.3, -0.25) is 0 Å². The van der Waals surface area contributed by atoms with Gasteiger partial charge in [-0.15, -0.1) is 4.39 Å². The maximum absolute atomic E-state index is 12.0. The maximum atomic E-state index is 12.0. The SMILES string of the molecule is N=C(F)OCC1CN2CCC1CC2. The zero-order chi connectivity index (χ0) is 9.26. The smallest absolute Gasteiger partial charge is 0.368 e. The molecule has 1 N–H and O–H groups in total. The van der Waals surface area contributed by atoms with Crippen molar-refractivity contribution in [3.63, 3.8) is 0 Å². The predicted molar refractivity (Wildman–Crippen MR) is 47.4 cm³/mol. The van der Waals surface area contributed by atoms with Crippen LogP contribution in [0.15, 0.2) is 0 Å². The summed E-state index contributed by atoms with van der Waals surface area (Å²) < 4.78 is 16.7. The first-order chi connectivity index (χ1) is 6.25. The van der Waals surface area contributed by atoms with Crippen LogP contribution in [0.4, 0.5) is 4.39 Å². The van der Waals surface area contributed by atoms with Gasteiger partial charge in [0.1, 0.15) is 0 Å². The quantitative estimate of drug-likeness (QED) is 0.520. The molecule has 3 heterocycles. The Morgan fingerprint density at radius 1 is 1.46 bits per heavy atom. The first-order valence-corrected chi connectivity index (χ1v) is 4.85. The summed E-state index contributed by atoms with van der Waals surface area (Å²) >= 11 is 0. The Labute approximate surface area is 77.4 Å². The molecule has 0 aliphatic carbocycles. The summed E-state index contributed by atoms with van der Waals surface area (Å²) in [6.45, 7) is 3.79. The van der Waals surface area contributed by atoms with E-state index in [1.807, 2.05) is 0 Å². The maximum Gasteiger partial charge on any atom is 0.368 e. The first-order valence-electron chi connectivity index (χ1n) is 4.85. The average Bonchev–Trinajstić information content (AvgIpc) is 2.17. The fourth-order valence-electron chi connectivity index (χ4n) is 2.46. The summed E-state index contributed by atoms with van der Waals surface area (Å²) in [4.78, 5) is 2.40. The van der Waals surface area contributed by atoms with Crippen LogP contribution in [0, 0.1) is 17.2 Å². The normalized spacial score (nSPS) is 37.5. The van der Waals surface area contributed by atoms with Crippen LogP contribution in [0.1, 0.15) is 12.8 Å². The number of ether oxygens (including phenoxy) is 1. The van der Waals surface area contributed by atoms with Crippen molar-refractivity contribution >= 4 is 6.15 Å². The topological polar surface area (TPSA) is 36.3 Å².